The molecule has 2 amide bonds. The lowest BCUT2D eigenvalue weighted by atomic mass is 9.97. The number of carbonyl (C=O) groups excluding carboxylic acids is 2. The van der Waals surface area contributed by atoms with E-state index in [9.17, 15) is 9.59 Å². The van der Waals surface area contributed by atoms with Crippen LogP contribution in [-0.2, 0) is 9.59 Å². The smallest absolute Gasteiger partial charge is 0.233 e. The highest BCUT2D eigenvalue weighted by atomic mass is 32.2. The molecule has 0 aliphatic carbocycles. The van der Waals surface area contributed by atoms with Crippen molar-refractivity contribution in [3.63, 3.8) is 0 Å². The first-order valence-electron chi connectivity index (χ1n) is 9.97. The summed E-state index contributed by atoms with van der Waals surface area (Å²) in [5.74, 6) is -0.337. The van der Waals surface area contributed by atoms with Gasteiger partial charge in [0.1, 0.15) is 5.65 Å². The van der Waals surface area contributed by atoms with Gasteiger partial charge in [0.15, 0.2) is 5.16 Å². The largest absolute Gasteiger partial charge is 0.369 e. The van der Waals surface area contributed by atoms with Crippen LogP contribution in [0.2, 0.25) is 0 Å². The van der Waals surface area contributed by atoms with Gasteiger partial charge >= 0.3 is 0 Å². The molecule has 1 aliphatic rings. The first-order chi connectivity index (χ1) is 14.6. The molecule has 2 aromatic carbocycles. The summed E-state index contributed by atoms with van der Waals surface area (Å²) in [4.78, 5) is 35.8. The molecule has 152 valence electrons. The molecule has 30 heavy (non-hydrogen) atoms. The molecule has 0 spiro atoms. The standard InChI is InChI=1S/C22H21N5O2S/c23-20(29)14-6-5-11-26(12-14)19(28)13-30-22-25-16-8-2-1-7-15(16)21-24-17-9-3-4-10-18(17)27(21)22/h1-4,7-10,14H,5-6,11-13H2,(H2,23,29). The summed E-state index contributed by atoms with van der Waals surface area (Å²) in [6, 6.07) is 15.8. The molecule has 1 saturated heterocycles. The minimum atomic E-state index is -0.331. The quantitative estimate of drug-likeness (QED) is 0.406. The highest BCUT2D eigenvalue weighted by Gasteiger charge is 2.27. The van der Waals surface area contributed by atoms with E-state index in [4.69, 9.17) is 15.7 Å². The van der Waals surface area contributed by atoms with Crippen LogP contribution in [0.4, 0.5) is 0 Å². The Morgan fingerprint density at radius 2 is 1.83 bits per heavy atom. The zero-order chi connectivity index (χ0) is 20.7. The summed E-state index contributed by atoms with van der Waals surface area (Å²) >= 11 is 1.40. The molecular formula is C22H21N5O2S. The summed E-state index contributed by atoms with van der Waals surface area (Å²) in [6.45, 7) is 1.07. The van der Waals surface area contributed by atoms with Crippen molar-refractivity contribution in [2.45, 2.75) is 18.0 Å². The number of piperidine rings is 1. The minimum absolute atomic E-state index is 0.00141. The number of nitrogens with two attached hydrogens (primary N) is 1. The van der Waals surface area contributed by atoms with Crippen molar-refractivity contribution in [1.29, 1.82) is 0 Å². The number of primary amides is 1. The molecule has 1 unspecified atom stereocenters. The summed E-state index contributed by atoms with van der Waals surface area (Å²) in [6.07, 6.45) is 1.55. The number of amides is 2. The van der Waals surface area contributed by atoms with E-state index in [-0.39, 0.29) is 23.5 Å². The molecule has 2 N–H and O–H groups in total. The lowest BCUT2D eigenvalue weighted by Gasteiger charge is -2.31. The molecule has 3 heterocycles. The molecular weight excluding hydrogens is 398 g/mol. The predicted octanol–water partition coefficient (Wildman–Crippen LogP) is 2.85. The van der Waals surface area contributed by atoms with E-state index in [0.29, 0.717) is 13.1 Å². The molecule has 0 bridgehead atoms. The van der Waals surface area contributed by atoms with Crippen LogP contribution in [0.3, 0.4) is 0 Å². The van der Waals surface area contributed by atoms with E-state index in [2.05, 4.69) is 0 Å². The van der Waals surface area contributed by atoms with Gasteiger partial charge in [0.25, 0.3) is 0 Å². The van der Waals surface area contributed by atoms with E-state index in [1.54, 1.807) is 4.90 Å². The highest BCUT2D eigenvalue weighted by Crippen LogP contribution is 2.29. The number of nitrogens with zero attached hydrogens (tertiary/aromatic N) is 4. The Morgan fingerprint density at radius 1 is 1.07 bits per heavy atom. The number of thioether (sulfide) groups is 1. The van der Waals surface area contributed by atoms with Gasteiger partial charge in [-0.15, -0.1) is 0 Å². The topological polar surface area (TPSA) is 93.6 Å². The van der Waals surface area contributed by atoms with Gasteiger partial charge in [-0.05, 0) is 37.1 Å². The number of para-hydroxylation sites is 3. The second kappa shape index (κ2) is 7.60. The second-order valence-corrected chi connectivity index (χ2v) is 8.48. The van der Waals surface area contributed by atoms with Crippen molar-refractivity contribution < 1.29 is 9.59 Å². The predicted molar refractivity (Wildman–Crippen MR) is 117 cm³/mol. The Kier molecular flexibility index (Phi) is 4.78. The van der Waals surface area contributed by atoms with Crippen LogP contribution in [0.15, 0.2) is 53.7 Å². The second-order valence-electron chi connectivity index (χ2n) is 7.54. The van der Waals surface area contributed by atoms with Crippen molar-refractivity contribution in [3.8, 4) is 0 Å². The highest BCUT2D eigenvalue weighted by molar-refractivity contribution is 7.99. The first-order valence-corrected chi connectivity index (χ1v) is 11.0. The first kappa shape index (κ1) is 18.9. The normalized spacial score (nSPS) is 17.1. The van der Waals surface area contributed by atoms with Crippen molar-refractivity contribution in [1.82, 2.24) is 19.3 Å². The van der Waals surface area contributed by atoms with Crippen LogP contribution in [-0.4, -0.2) is 49.9 Å². The van der Waals surface area contributed by atoms with E-state index in [0.717, 1.165) is 45.6 Å². The molecule has 8 heteroatoms. The van der Waals surface area contributed by atoms with E-state index in [1.807, 2.05) is 52.9 Å². The lowest BCUT2D eigenvalue weighted by Crippen LogP contribution is -2.44. The lowest BCUT2D eigenvalue weighted by molar-refractivity contribution is -0.132. The van der Waals surface area contributed by atoms with Crippen LogP contribution >= 0.6 is 11.8 Å². The minimum Gasteiger partial charge on any atom is -0.369 e. The zero-order valence-electron chi connectivity index (χ0n) is 16.3. The van der Waals surface area contributed by atoms with Gasteiger partial charge in [-0.3, -0.25) is 14.0 Å². The van der Waals surface area contributed by atoms with Crippen LogP contribution in [0, 0.1) is 5.92 Å². The fourth-order valence-electron chi connectivity index (χ4n) is 4.06. The summed E-state index contributed by atoms with van der Waals surface area (Å²) < 4.78 is 2.03. The maximum Gasteiger partial charge on any atom is 0.233 e. The van der Waals surface area contributed by atoms with Crippen LogP contribution in [0.5, 0.6) is 0 Å². The molecule has 7 nitrogen and oxygen atoms in total. The third-order valence-electron chi connectivity index (χ3n) is 5.61. The molecule has 2 aromatic heterocycles. The maximum atomic E-state index is 12.8. The van der Waals surface area contributed by atoms with Gasteiger partial charge in [-0.1, -0.05) is 36.0 Å². The number of hydrogen-bond donors (Lipinski definition) is 1. The Morgan fingerprint density at radius 3 is 2.67 bits per heavy atom. The molecule has 1 aliphatic heterocycles. The van der Waals surface area contributed by atoms with E-state index < -0.39 is 0 Å². The number of aromatic nitrogens is 3. The van der Waals surface area contributed by atoms with E-state index in [1.165, 1.54) is 11.8 Å². The van der Waals surface area contributed by atoms with Crippen molar-refractivity contribution in [3.05, 3.63) is 48.5 Å². The molecule has 0 radical (unpaired) electrons. The molecule has 0 saturated carbocycles. The van der Waals surface area contributed by atoms with Gasteiger partial charge in [0.05, 0.1) is 28.2 Å². The Balaban J connectivity index is 1.49. The van der Waals surface area contributed by atoms with Gasteiger partial charge in [0, 0.05) is 18.5 Å². The molecule has 5 rings (SSSR count). The third kappa shape index (κ3) is 3.27. The number of imidazole rings is 1. The van der Waals surface area contributed by atoms with Crippen molar-refractivity contribution in [2.24, 2.45) is 11.7 Å². The summed E-state index contributed by atoms with van der Waals surface area (Å²) in [5.41, 5.74) is 8.99. The number of likely N-dealkylation sites (tertiary alicyclic amines) is 1. The van der Waals surface area contributed by atoms with Crippen molar-refractivity contribution >= 4 is 51.2 Å². The molecule has 1 fully saturated rings. The number of fused-ring (bicyclic) bond motifs is 5. The van der Waals surface area contributed by atoms with Gasteiger partial charge in [0.2, 0.25) is 11.8 Å². The van der Waals surface area contributed by atoms with Crippen LogP contribution < -0.4 is 5.73 Å². The fraction of sp³-hybridized carbons (Fsp3) is 0.273. The average Bonchev–Trinajstić information content (AvgIpc) is 3.17. The number of rotatable bonds is 4. The Labute approximate surface area is 177 Å². The summed E-state index contributed by atoms with van der Waals surface area (Å²) in [5, 5.41) is 1.71. The monoisotopic (exact) mass is 419 g/mol. The maximum absolute atomic E-state index is 12.8. The van der Waals surface area contributed by atoms with Gasteiger partial charge in [-0.2, -0.15) is 0 Å². The molecule has 1 atom stereocenters. The Bertz CT molecular complexity index is 1280. The average molecular weight is 420 g/mol. The van der Waals surface area contributed by atoms with Gasteiger partial charge in [-0.25, -0.2) is 9.97 Å². The van der Waals surface area contributed by atoms with Crippen molar-refractivity contribution in [2.75, 3.05) is 18.8 Å². The Hall–Kier alpha value is -3.13. The van der Waals surface area contributed by atoms with Crippen LogP contribution in [0.25, 0.3) is 27.6 Å². The summed E-state index contributed by atoms with van der Waals surface area (Å²) in [7, 11) is 0. The number of hydrogen-bond acceptors (Lipinski definition) is 5. The van der Waals surface area contributed by atoms with Crippen LogP contribution in [0.1, 0.15) is 12.8 Å². The van der Waals surface area contributed by atoms with E-state index >= 15 is 0 Å². The number of carbonyl (C=O) groups is 2. The number of benzene rings is 2. The SMILES string of the molecule is NC(=O)C1CCCN(C(=O)CSc2nc3ccccc3c3nc4ccccc4n23)C1. The fourth-order valence-corrected chi connectivity index (χ4v) is 4.98. The van der Waals surface area contributed by atoms with Gasteiger partial charge < -0.3 is 10.6 Å². The third-order valence-corrected chi connectivity index (χ3v) is 6.54. The molecule has 4 aromatic rings. The zero-order valence-corrected chi connectivity index (χ0v) is 17.1.